The third kappa shape index (κ3) is 5.82. The van der Waals surface area contributed by atoms with Gasteiger partial charge in [0.15, 0.2) is 0 Å². The number of sulfonamides is 1. The minimum Gasteiger partial charge on any atom is -0.487 e. The second-order valence-electron chi connectivity index (χ2n) is 8.68. The van der Waals surface area contributed by atoms with Crippen molar-refractivity contribution in [2.75, 3.05) is 17.1 Å². The number of hydrogen-bond donors (Lipinski definition) is 1. The quantitative estimate of drug-likeness (QED) is 0.509. The van der Waals surface area contributed by atoms with Crippen LogP contribution in [0.3, 0.4) is 0 Å². The number of hydrogen-bond acceptors (Lipinski definition) is 4. The topological polar surface area (TPSA) is 75.7 Å². The smallest absolute Gasteiger partial charge is 0.232 e. The van der Waals surface area contributed by atoms with Crippen LogP contribution in [-0.2, 0) is 14.8 Å². The number of nitrogens with zero attached hydrogens (tertiary/aromatic N) is 1. The molecule has 3 rings (SSSR count). The Bertz CT molecular complexity index is 1100. The van der Waals surface area contributed by atoms with E-state index in [0.29, 0.717) is 29.1 Å². The number of benzene rings is 2. The summed E-state index contributed by atoms with van der Waals surface area (Å²) in [5.41, 5.74) is 1.92. The number of nitrogens with one attached hydrogen (secondary N) is 1. The normalized spacial score (nSPS) is 17.1. The molecule has 0 spiro atoms. The molecule has 1 N–H and O–H groups in total. The Morgan fingerprint density at radius 3 is 2.55 bits per heavy atom. The summed E-state index contributed by atoms with van der Waals surface area (Å²) in [6.07, 6.45) is 4.19. The molecule has 0 bridgehead atoms. The number of rotatable bonds is 9. The first-order valence-electron chi connectivity index (χ1n) is 11.4. The molecule has 180 valence electrons. The first-order chi connectivity index (χ1) is 15.6. The number of para-hydroxylation sites is 1. The van der Waals surface area contributed by atoms with Gasteiger partial charge in [0.05, 0.1) is 18.0 Å². The third-order valence-corrected chi connectivity index (χ3v) is 8.08. The molecule has 0 fully saturated rings. The van der Waals surface area contributed by atoms with Crippen LogP contribution in [0, 0.1) is 6.92 Å². The SMILES string of the molecule is CCC1(CC)CC(NC(=O)CCCN(c2cccc(Cl)c2C)S(C)(=O)=O)c2ccccc2O1. The zero-order valence-electron chi connectivity index (χ0n) is 19.7. The van der Waals surface area contributed by atoms with Crippen LogP contribution in [0.1, 0.15) is 63.1 Å². The van der Waals surface area contributed by atoms with E-state index in [1.165, 1.54) is 10.6 Å². The molecule has 8 heteroatoms. The summed E-state index contributed by atoms with van der Waals surface area (Å²) in [5.74, 6) is 0.714. The fraction of sp³-hybridized carbons (Fsp3) is 0.480. The highest BCUT2D eigenvalue weighted by atomic mass is 35.5. The van der Waals surface area contributed by atoms with E-state index in [4.69, 9.17) is 16.3 Å². The van der Waals surface area contributed by atoms with Gasteiger partial charge in [0.25, 0.3) is 0 Å². The number of carbonyl (C=O) groups is 1. The van der Waals surface area contributed by atoms with E-state index in [1.807, 2.05) is 24.3 Å². The molecule has 0 saturated heterocycles. The van der Waals surface area contributed by atoms with Gasteiger partial charge in [-0.2, -0.15) is 0 Å². The fourth-order valence-corrected chi connectivity index (χ4v) is 5.60. The molecule has 33 heavy (non-hydrogen) atoms. The van der Waals surface area contributed by atoms with Crippen LogP contribution >= 0.6 is 11.6 Å². The monoisotopic (exact) mass is 492 g/mol. The number of ether oxygens (including phenoxy) is 1. The number of carbonyl (C=O) groups excluding carboxylic acids is 1. The van der Waals surface area contributed by atoms with Gasteiger partial charge < -0.3 is 10.1 Å². The molecule has 1 amide bonds. The largest absolute Gasteiger partial charge is 0.487 e. The van der Waals surface area contributed by atoms with Gasteiger partial charge in [0.2, 0.25) is 15.9 Å². The van der Waals surface area contributed by atoms with Crippen LogP contribution in [0.25, 0.3) is 0 Å². The van der Waals surface area contributed by atoms with Crippen LogP contribution in [-0.4, -0.2) is 32.7 Å². The first kappa shape index (κ1) is 25.4. The molecule has 6 nitrogen and oxygen atoms in total. The van der Waals surface area contributed by atoms with Gasteiger partial charge in [0, 0.05) is 30.0 Å². The molecule has 2 aromatic rings. The van der Waals surface area contributed by atoms with Gasteiger partial charge in [-0.25, -0.2) is 8.42 Å². The summed E-state index contributed by atoms with van der Waals surface area (Å²) in [6.45, 7) is 6.20. The Balaban J connectivity index is 1.69. The predicted octanol–water partition coefficient (Wildman–Crippen LogP) is 5.39. The standard InChI is InChI=1S/C25H33ClN2O4S/c1-5-25(6-2)17-21(19-11-7-8-14-23(19)32-25)27-24(29)15-10-16-28(33(4,30)31)22-13-9-12-20(26)18(22)3/h7-9,11-14,21H,5-6,10,15-17H2,1-4H3,(H,27,29). The van der Waals surface area contributed by atoms with Gasteiger partial charge >= 0.3 is 0 Å². The number of anilines is 1. The molecule has 1 heterocycles. The Morgan fingerprint density at radius 2 is 1.88 bits per heavy atom. The van der Waals surface area contributed by atoms with Crippen molar-refractivity contribution in [1.82, 2.24) is 5.32 Å². The molecule has 0 radical (unpaired) electrons. The highest BCUT2D eigenvalue weighted by molar-refractivity contribution is 7.92. The second-order valence-corrected chi connectivity index (χ2v) is 11.0. The molecule has 0 aromatic heterocycles. The van der Waals surface area contributed by atoms with Crippen molar-refractivity contribution < 1.29 is 17.9 Å². The van der Waals surface area contributed by atoms with Crippen molar-refractivity contribution in [2.45, 2.75) is 64.5 Å². The van der Waals surface area contributed by atoms with E-state index in [2.05, 4.69) is 19.2 Å². The molecule has 0 saturated carbocycles. The number of amides is 1. The third-order valence-electron chi connectivity index (χ3n) is 6.49. The van der Waals surface area contributed by atoms with Crippen molar-refractivity contribution in [3.05, 3.63) is 58.6 Å². The average molecular weight is 493 g/mol. The summed E-state index contributed by atoms with van der Waals surface area (Å²) < 4.78 is 32.5. The highest BCUT2D eigenvalue weighted by Gasteiger charge is 2.38. The van der Waals surface area contributed by atoms with E-state index in [0.717, 1.165) is 24.2 Å². The molecular weight excluding hydrogens is 460 g/mol. The molecule has 2 aromatic carbocycles. The van der Waals surface area contributed by atoms with Crippen molar-refractivity contribution in [3.63, 3.8) is 0 Å². The molecule has 1 atom stereocenters. The minimum absolute atomic E-state index is 0.103. The van der Waals surface area contributed by atoms with Crippen molar-refractivity contribution in [2.24, 2.45) is 0 Å². The maximum atomic E-state index is 12.9. The fourth-order valence-electron chi connectivity index (χ4n) is 4.41. The van der Waals surface area contributed by atoms with E-state index in [9.17, 15) is 13.2 Å². The molecule has 1 aliphatic heterocycles. The summed E-state index contributed by atoms with van der Waals surface area (Å²) in [6, 6.07) is 12.9. The predicted molar refractivity (Wildman–Crippen MR) is 133 cm³/mol. The van der Waals surface area contributed by atoms with Crippen LogP contribution in [0.2, 0.25) is 5.02 Å². The van der Waals surface area contributed by atoms with Gasteiger partial charge in [-0.3, -0.25) is 9.10 Å². The Labute approximate surface area is 202 Å². The van der Waals surface area contributed by atoms with E-state index < -0.39 is 10.0 Å². The summed E-state index contributed by atoms with van der Waals surface area (Å²) in [7, 11) is -3.52. The Hall–Kier alpha value is -2.25. The Morgan fingerprint density at radius 1 is 1.18 bits per heavy atom. The maximum absolute atomic E-state index is 12.9. The maximum Gasteiger partial charge on any atom is 0.232 e. The van der Waals surface area contributed by atoms with Crippen LogP contribution in [0.15, 0.2) is 42.5 Å². The van der Waals surface area contributed by atoms with E-state index in [1.54, 1.807) is 25.1 Å². The average Bonchev–Trinajstić information content (AvgIpc) is 2.78. The lowest BCUT2D eigenvalue weighted by atomic mass is 9.83. The van der Waals surface area contributed by atoms with Crippen LogP contribution in [0.4, 0.5) is 5.69 Å². The Kier molecular flexibility index (Phi) is 7.96. The highest BCUT2D eigenvalue weighted by Crippen LogP contribution is 2.42. The molecular formula is C25H33ClN2O4S. The molecule has 1 aliphatic rings. The second kappa shape index (κ2) is 10.3. The molecule has 0 aliphatic carbocycles. The number of halogens is 1. The number of fused-ring (bicyclic) bond motifs is 1. The lowest BCUT2D eigenvalue weighted by Gasteiger charge is -2.41. The summed E-state index contributed by atoms with van der Waals surface area (Å²) >= 11 is 6.19. The van der Waals surface area contributed by atoms with Crippen molar-refractivity contribution >= 4 is 33.2 Å². The molecule has 1 unspecified atom stereocenters. The summed E-state index contributed by atoms with van der Waals surface area (Å²) in [5, 5.41) is 3.67. The zero-order chi connectivity index (χ0) is 24.2. The van der Waals surface area contributed by atoms with Crippen molar-refractivity contribution in [3.8, 4) is 5.75 Å². The minimum atomic E-state index is -3.52. The van der Waals surface area contributed by atoms with Crippen LogP contribution < -0.4 is 14.4 Å². The zero-order valence-corrected chi connectivity index (χ0v) is 21.3. The lowest BCUT2D eigenvalue weighted by Crippen LogP contribution is -2.44. The van der Waals surface area contributed by atoms with Crippen molar-refractivity contribution in [1.29, 1.82) is 0 Å². The van der Waals surface area contributed by atoms with E-state index in [-0.39, 0.29) is 30.5 Å². The van der Waals surface area contributed by atoms with Gasteiger partial charge in [-0.1, -0.05) is 49.7 Å². The summed E-state index contributed by atoms with van der Waals surface area (Å²) in [4.78, 5) is 12.9. The first-order valence-corrected chi connectivity index (χ1v) is 13.6. The van der Waals surface area contributed by atoms with E-state index >= 15 is 0 Å². The lowest BCUT2D eigenvalue weighted by molar-refractivity contribution is -0.122. The van der Waals surface area contributed by atoms with Gasteiger partial charge in [-0.15, -0.1) is 0 Å². The van der Waals surface area contributed by atoms with Crippen LogP contribution in [0.5, 0.6) is 5.75 Å². The van der Waals surface area contributed by atoms with Gasteiger partial charge in [0.1, 0.15) is 11.4 Å². The van der Waals surface area contributed by atoms with Gasteiger partial charge in [-0.05, 0) is 49.9 Å².